The van der Waals surface area contributed by atoms with Gasteiger partial charge in [-0.1, -0.05) is 45.2 Å². The molecule has 0 aliphatic heterocycles. The molecule has 0 aliphatic carbocycles. The second-order valence-corrected chi connectivity index (χ2v) is 5.20. The lowest BCUT2D eigenvalue weighted by Crippen LogP contribution is -2.29. The maximum Gasteiger partial charge on any atom is 0.160 e. The van der Waals surface area contributed by atoms with Crippen molar-refractivity contribution in [3.63, 3.8) is 0 Å². The van der Waals surface area contributed by atoms with E-state index in [0.717, 1.165) is 31.9 Å². The summed E-state index contributed by atoms with van der Waals surface area (Å²) in [6.07, 6.45) is 2.92. The Hall–Kier alpha value is -0.670. The second kappa shape index (κ2) is 7.81. The van der Waals surface area contributed by atoms with Crippen LogP contribution in [-0.4, -0.2) is 6.54 Å². The highest BCUT2D eigenvalue weighted by molar-refractivity contribution is 6.31. The van der Waals surface area contributed by atoms with Crippen LogP contribution in [0.15, 0.2) is 12.1 Å². The number of nitrogens with one attached hydrogen (secondary N) is 1. The van der Waals surface area contributed by atoms with Gasteiger partial charge in [0.15, 0.2) is 11.6 Å². The Balaban J connectivity index is 3.12. The number of benzene rings is 1. The topological polar surface area (TPSA) is 12.0 Å². The minimum Gasteiger partial charge on any atom is -0.310 e. The largest absolute Gasteiger partial charge is 0.310 e. The molecule has 1 nitrogen and oxygen atoms in total. The van der Waals surface area contributed by atoms with Gasteiger partial charge in [-0.25, -0.2) is 8.78 Å². The van der Waals surface area contributed by atoms with E-state index in [4.69, 9.17) is 11.6 Å². The zero-order valence-electron chi connectivity index (χ0n) is 11.8. The van der Waals surface area contributed by atoms with E-state index in [0.29, 0.717) is 16.5 Å². The average Bonchev–Trinajstić information content (AvgIpc) is 2.39. The van der Waals surface area contributed by atoms with Crippen LogP contribution in [0.25, 0.3) is 0 Å². The Kier molecular flexibility index (Phi) is 6.73. The van der Waals surface area contributed by atoms with Gasteiger partial charge >= 0.3 is 0 Å². The number of rotatable bonds is 7. The highest BCUT2D eigenvalue weighted by Crippen LogP contribution is 2.33. The zero-order chi connectivity index (χ0) is 14.4. The van der Waals surface area contributed by atoms with E-state index < -0.39 is 11.6 Å². The van der Waals surface area contributed by atoms with Gasteiger partial charge in [0, 0.05) is 11.1 Å². The first-order valence-corrected chi connectivity index (χ1v) is 7.30. The third kappa shape index (κ3) is 4.15. The van der Waals surface area contributed by atoms with E-state index in [2.05, 4.69) is 26.1 Å². The molecule has 1 N–H and O–H groups in total. The summed E-state index contributed by atoms with van der Waals surface area (Å²) in [5.41, 5.74) is 0.655. The first-order valence-electron chi connectivity index (χ1n) is 6.92. The molecule has 1 aromatic carbocycles. The van der Waals surface area contributed by atoms with Crippen LogP contribution in [0.2, 0.25) is 5.02 Å². The smallest absolute Gasteiger partial charge is 0.160 e. The Morgan fingerprint density at radius 2 is 1.68 bits per heavy atom. The van der Waals surface area contributed by atoms with Crippen molar-refractivity contribution in [1.82, 2.24) is 5.32 Å². The summed E-state index contributed by atoms with van der Waals surface area (Å²) in [6, 6.07) is 2.26. The fourth-order valence-electron chi connectivity index (χ4n) is 2.37. The molecule has 0 aliphatic rings. The summed E-state index contributed by atoms with van der Waals surface area (Å²) in [5.74, 6) is -1.38. The molecule has 0 fully saturated rings. The van der Waals surface area contributed by atoms with E-state index in [1.807, 2.05) is 0 Å². The van der Waals surface area contributed by atoms with Crippen molar-refractivity contribution in [3.05, 3.63) is 34.4 Å². The van der Waals surface area contributed by atoms with Crippen molar-refractivity contribution in [1.29, 1.82) is 0 Å². The van der Waals surface area contributed by atoms with Gasteiger partial charge in [0.25, 0.3) is 0 Å². The summed E-state index contributed by atoms with van der Waals surface area (Å²) in [7, 11) is 0. The molecule has 4 heteroatoms. The SMILES string of the molecule is CCCNC(c1cc(F)c(F)cc1Cl)C(CC)CC. The van der Waals surface area contributed by atoms with Crippen LogP contribution in [0.5, 0.6) is 0 Å². The Labute approximate surface area is 119 Å². The van der Waals surface area contributed by atoms with Crippen molar-refractivity contribution in [2.75, 3.05) is 6.54 Å². The molecule has 0 saturated heterocycles. The Bertz CT molecular complexity index is 405. The van der Waals surface area contributed by atoms with Gasteiger partial charge in [-0.15, -0.1) is 0 Å². The second-order valence-electron chi connectivity index (χ2n) is 4.80. The molecule has 0 bridgehead atoms. The third-order valence-corrected chi connectivity index (χ3v) is 3.84. The summed E-state index contributed by atoms with van der Waals surface area (Å²) < 4.78 is 26.6. The van der Waals surface area contributed by atoms with Gasteiger partial charge in [-0.2, -0.15) is 0 Å². The van der Waals surface area contributed by atoms with Crippen molar-refractivity contribution >= 4 is 11.6 Å². The lowest BCUT2D eigenvalue weighted by molar-refractivity contribution is 0.340. The molecule has 0 spiro atoms. The Morgan fingerprint density at radius 3 is 2.21 bits per heavy atom. The number of hydrogen-bond acceptors (Lipinski definition) is 1. The van der Waals surface area contributed by atoms with Gasteiger partial charge in [-0.3, -0.25) is 0 Å². The molecule has 1 aromatic rings. The van der Waals surface area contributed by atoms with E-state index in [-0.39, 0.29) is 6.04 Å². The van der Waals surface area contributed by atoms with E-state index in [9.17, 15) is 8.78 Å². The van der Waals surface area contributed by atoms with Crippen molar-refractivity contribution < 1.29 is 8.78 Å². The normalized spacial score (nSPS) is 13.0. The summed E-state index contributed by atoms with van der Waals surface area (Å²) >= 11 is 6.09. The lowest BCUT2D eigenvalue weighted by Gasteiger charge is -2.28. The number of halogens is 3. The van der Waals surface area contributed by atoms with Gasteiger partial charge < -0.3 is 5.32 Å². The van der Waals surface area contributed by atoms with E-state index >= 15 is 0 Å². The van der Waals surface area contributed by atoms with Crippen LogP contribution in [0.1, 0.15) is 51.6 Å². The van der Waals surface area contributed by atoms with Crippen LogP contribution in [-0.2, 0) is 0 Å². The predicted molar refractivity (Wildman–Crippen MR) is 76.5 cm³/mol. The molecule has 0 aromatic heterocycles. The van der Waals surface area contributed by atoms with Gasteiger partial charge in [-0.05, 0) is 36.6 Å². The van der Waals surface area contributed by atoms with Gasteiger partial charge in [0.2, 0.25) is 0 Å². The first kappa shape index (κ1) is 16.4. The van der Waals surface area contributed by atoms with Crippen LogP contribution in [0.4, 0.5) is 8.78 Å². The molecule has 108 valence electrons. The summed E-state index contributed by atoms with van der Waals surface area (Å²) in [6.45, 7) is 7.10. The molecule has 1 atom stereocenters. The molecule has 1 unspecified atom stereocenters. The van der Waals surface area contributed by atoms with Crippen molar-refractivity contribution in [2.45, 2.75) is 46.1 Å². The minimum absolute atomic E-state index is 0.0300. The quantitative estimate of drug-likeness (QED) is 0.689. The predicted octanol–water partition coefficient (Wildman–Crippen LogP) is 5.10. The highest BCUT2D eigenvalue weighted by Gasteiger charge is 2.23. The fraction of sp³-hybridized carbons (Fsp3) is 0.600. The first-order chi connectivity index (χ1) is 9.04. The van der Waals surface area contributed by atoms with Gasteiger partial charge in [0.1, 0.15) is 0 Å². The zero-order valence-corrected chi connectivity index (χ0v) is 12.5. The summed E-state index contributed by atoms with van der Waals surface area (Å²) in [5, 5.41) is 3.69. The monoisotopic (exact) mass is 289 g/mol. The van der Waals surface area contributed by atoms with Crippen LogP contribution in [0.3, 0.4) is 0 Å². The molecule has 0 heterocycles. The highest BCUT2D eigenvalue weighted by atomic mass is 35.5. The Morgan fingerprint density at radius 1 is 1.11 bits per heavy atom. The molecular formula is C15H22ClF2N. The fourth-order valence-corrected chi connectivity index (χ4v) is 2.63. The van der Waals surface area contributed by atoms with E-state index in [1.165, 1.54) is 6.07 Å². The minimum atomic E-state index is -0.896. The molecule has 0 amide bonds. The molecular weight excluding hydrogens is 268 g/mol. The molecule has 1 rings (SSSR count). The van der Waals surface area contributed by atoms with Crippen LogP contribution >= 0.6 is 11.6 Å². The average molecular weight is 290 g/mol. The maximum absolute atomic E-state index is 13.5. The van der Waals surface area contributed by atoms with Crippen LogP contribution in [0, 0.1) is 17.6 Å². The third-order valence-electron chi connectivity index (χ3n) is 3.51. The number of hydrogen-bond donors (Lipinski definition) is 1. The van der Waals surface area contributed by atoms with Crippen molar-refractivity contribution in [3.8, 4) is 0 Å². The standard InChI is InChI=1S/C15H22ClF2N/c1-4-7-19-15(10(5-2)6-3)11-8-13(17)14(18)9-12(11)16/h8-10,15,19H,4-7H2,1-3H3. The van der Waals surface area contributed by atoms with E-state index in [1.54, 1.807) is 0 Å². The lowest BCUT2D eigenvalue weighted by atomic mass is 9.88. The molecule has 0 saturated carbocycles. The van der Waals surface area contributed by atoms with Crippen LogP contribution < -0.4 is 5.32 Å². The van der Waals surface area contributed by atoms with Gasteiger partial charge in [0.05, 0.1) is 0 Å². The molecule has 0 radical (unpaired) electrons. The van der Waals surface area contributed by atoms with Crippen molar-refractivity contribution in [2.24, 2.45) is 5.92 Å². The summed E-state index contributed by atoms with van der Waals surface area (Å²) in [4.78, 5) is 0. The molecule has 19 heavy (non-hydrogen) atoms. The maximum atomic E-state index is 13.5.